The molecule has 5 rings (SSSR count). The molecule has 0 amide bonds. The van der Waals surface area contributed by atoms with Crippen LogP contribution in [-0.4, -0.2) is 20.3 Å². The lowest BCUT2D eigenvalue weighted by atomic mass is 10.1. The molecule has 0 fully saturated rings. The van der Waals surface area contributed by atoms with E-state index in [1.54, 1.807) is 49.2 Å². The minimum absolute atomic E-state index is 0.201. The van der Waals surface area contributed by atoms with Crippen molar-refractivity contribution in [2.45, 2.75) is 20.0 Å². The molecule has 0 bridgehead atoms. The maximum absolute atomic E-state index is 13.4. The highest BCUT2D eigenvalue weighted by atomic mass is 32.1. The first-order valence-electron chi connectivity index (χ1n) is 11.5. The molecule has 0 unspecified atom stereocenters. The number of benzene rings is 2. The summed E-state index contributed by atoms with van der Waals surface area (Å²) in [5, 5.41) is 6.14. The summed E-state index contributed by atoms with van der Waals surface area (Å²) in [5.74, 6) is 1.15. The zero-order valence-electron chi connectivity index (χ0n) is 20.6. The normalized spacial score (nSPS) is 12.6. The maximum Gasteiger partial charge on any atom is 0.416 e. The molecule has 0 N–H and O–H groups in total. The molecule has 7 nitrogen and oxygen atoms in total. The lowest BCUT2D eigenvalue weighted by Crippen LogP contribution is -2.19. The number of rotatable bonds is 5. The molecule has 0 aliphatic heterocycles. The fourth-order valence-electron chi connectivity index (χ4n) is 3.96. The van der Waals surface area contributed by atoms with E-state index in [1.807, 2.05) is 30.3 Å². The second-order valence-corrected chi connectivity index (χ2v) is 9.35. The van der Waals surface area contributed by atoms with Crippen LogP contribution in [0.5, 0.6) is 0 Å². The molecule has 2 aromatic carbocycles. The fraction of sp³-hybridized carbons (Fsp3) is 0.148. The van der Waals surface area contributed by atoms with Gasteiger partial charge in [-0.2, -0.15) is 18.3 Å². The predicted molar refractivity (Wildman–Crippen MR) is 140 cm³/mol. The van der Waals surface area contributed by atoms with Crippen molar-refractivity contribution in [2.75, 3.05) is 0 Å². The molecule has 11 heteroatoms. The van der Waals surface area contributed by atoms with Crippen molar-refractivity contribution < 1.29 is 17.6 Å². The zero-order chi connectivity index (χ0) is 27.0. The van der Waals surface area contributed by atoms with Crippen molar-refractivity contribution in [1.29, 1.82) is 0 Å². The summed E-state index contributed by atoms with van der Waals surface area (Å²) < 4.78 is 50.4. The van der Waals surface area contributed by atoms with Gasteiger partial charge in [0.05, 0.1) is 28.9 Å². The molecule has 0 atom stereocenters. The molecule has 3 heterocycles. The third-order valence-electron chi connectivity index (χ3n) is 5.96. The van der Waals surface area contributed by atoms with Crippen LogP contribution in [0.15, 0.2) is 91.4 Å². The van der Waals surface area contributed by atoms with E-state index in [-0.39, 0.29) is 11.2 Å². The highest BCUT2D eigenvalue weighted by molar-refractivity contribution is 7.07. The predicted octanol–water partition coefficient (Wildman–Crippen LogP) is 6.05. The van der Waals surface area contributed by atoms with Gasteiger partial charge in [-0.3, -0.25) is 9.48 Å². The molecule has 3 aromatic heterocycles. The second-order valence-electron chi connectivity index (χ2n) is 8.51. The van der Waals surface area contributed by atoms with E-state index in [4.69, 9.17) is 4.42 Å². The third-order valence-corrected chi connectivity index (χ3v) is 6.78. The largest absolute Gasteiger partial charge is 0.460 e. The van der Waals surface area contributed by atoms with Crippen molar-refractivity contribution in [3.05, 3.63) is 110 Å². The molecular formula is C27H22F3N5O2S. The van der Waals surface area contributed by atoms with Gasteiger partial charge < -0.3 is 4.42 Å². The summed E-state index contributed by atoms with van der Waals surface area (Å²) in [5.41, 5.74) is 1.08. The van der Waals surface area contributed by atoms with Crippen LogP contribution in [0.2, 0.25) is 0 Å². The molecule has 0 aliphatic carbocycles. The Morgan fingerprint density at radius 2 is 1.76 bits per heavy atom. The standard InChI is InChI=1S/C27H22F3N5O2S/c1-17-12-13-22(37-17)15-31-34-23(19-8-7-9-20(14-19)27(28,29)30)16-38-26(34)32-24-18(2)33(3)35(25(24)36)21-10-5-4-6-11-21/h4-16H,1-3H3/b31-15-,32-26?. The van der Waals surface area contributed by atoms with E-state index in [0.29, 0.717) is 39.0 Å². The summed E-state index contributed by atoms with van der Waals surface area (Å²) in [7, 11) is 1.76. The summed E-state index contributed by atoms with van der Waals surface area (Å²) in [6.45, 7) is 3.57. The average molecular weight is 538 g/mol. The van der Waals surface area contributed by atoms with Gasteiger partial charge in [0.2, 0.25) is 4.80 Å². The number of alkyl halides is 3. The maximum atomic E-state index is 13.4. The Labute approximate surface area is 219 Å². The van der Waals surface area contributed by atoms with Crippen LogP contribution >= 0.6 is 11.3 Å². The first-order chi connectivity index (χ1) is 18.1. The lowest BCUT2D eigenvalue weighted by Gasteiger charge is -2.09. The summed E-state index contributed by atoms with van der Waals surface area (Å²) in [6, 6.07) is 17.7. The third kappa shape index (κ3) is 4.80. The second kappa shape index (κ2) is 9.82. The Kier molecular flexibility index (Phi) is 6.53. The van der Waals surface area contributed by atoms with Crippen LogP contribution in [0.4, 0.5) is 18.9 Å². The highest BCUT2D eigenvalue weighted by Gasteiger charge is 2.30. The lowest BCUT2D eigenvalue weighted by molar-refractivity contribution is -0.137. The number of furan rings is 1. The Hall–Kier alpha value is -4.38. The van der Waals surface area contributed by atoms with Gasteiger partial charge in [0, 0.05) is 18.0 Å². The van der Waals surface area contributed by atoms with E-state index >= 15 is 0 Å². The van der Waals surface area contributed by atoms with E-state index in [1.165, 1.54) is 21.6 Å². The molecule has 0 saturated heterocycles. The Bertz CT molecular complexity index is 1770. The molecule has 0 radical (unpaired) electrons. The molecule has 5 aromatic rings. The number of halogens is 3. The minimum Gasteiger partial charge on any atom is -0.460 e. The van der Waals surface area contributed by atoms with Gasteiger partial charge in [-0.15, -0.1) is 11.3 Å². The highest BCUT2D eigenvalue weighted by Crippen LogP contribution is 2.32. The van der Waals surface area contributed by atoms with E-state index in [2.05, 4.69) is 10.1 Å². The topological polar surface area (TPSA) is 69.7 Å². The number of hydrogen-bond donors (Lipinski definition) is 0. The van der Waals surface area contributed by atoms with Gasteiger partial charge in [-0.25, -0.2) is 14.4 Å². The van der Waals surface area contributed by atoms with Crippen LogP contribution in [0.3, 0.4) is 0 Å². The van der Waals surface area contributed by atoms with Gasteiger partial charge in [-0.05, 0) is 50.2 Å². The Morgan fingerprint density at radius 3 is 2.45 bits per heavy atom. The molecule has 0 saturated carbocycles. The van der Waals surface area contributed by atoms with Crippen LogP contribution in [0, 0.1) is 13.8 Å². The van der Waals surface area contributed by atoms with E-state index in [9.17, 15) is 18.0 Å². The molecular weight excluding hydrogens is 515 g/mol. The summed E-state index contributed by atoms with van der Waals surface area (Å²) in [6.07, 6.45) is -3.04. The number of thiazole rings is 1. The summed E-state index contributed by atoms with van der Waals surface area (Å²) >= 11 is 1.16. The fourth-order valence-corrected chi connectivity index (χ4v) is 4.80. The quantitative estimate of drug-likeness (QED) is 0.256. The van der Waals surface area contributed by atoms with Gasteiger partial charge in [-0.1, -0.05) is 30.3 Å². The van der Waals surface area contributed by atoms with E-state index in [0.717, 1.165) is 23.5 Å². The average Bonchev–Trinajstić information content (AvgIpc) is 3.56. The molecule has 194 valence electrons. The van der Waals surface area contributed by atoms with Gasteiger partial charge >= 0.3 is 6.18 Å². The SMILES string of the molecule is Cc1ccc(/C=N\n2c(-c3cccc(C(F)(F)F)c3)csc2=Nc2c(C)n(C)n(-c3ccccc3)c2=O)o1. The molecule has 0 spiro atoms. The van der Waals surface area contributed by atoms with Gasteiger partial charge in [0.1, 0.15) is 11.5 Å². The molecule has 0 aliphatic rings. The van der Waals surface area contributed by atoms with Crippen LogP contribution in [0.25, 0.3) is 16.9 Å². The summed E-state index contributed by atoms with van der Waals surface area (Å²) in [4.78, 5) is 18.4. The molecule has 38 heavy (non-hydrogen) atoms. The van der Waals surface area contributed by atoms with Crippen molar-refractivity contribution in [3.8, 4) is 16.9 Å². The first-order valence-corrected chi connectivity index (χ1v) is 12.4. The monoisotopic (exact) mass is 537 g/mol. The number of para-hydroxylation sites is 1. The number of hydrogen-bond acceptors (Lipinski definition) is 5. The number of aromatic nitrogens is 3. The van der Waals surface area contributed by atoms with Crippen molar-refractivity contribution in [3.63, 3.8) is 0 Å². The van der Waals surface area contributed by atoms with Crippen molar-refractivity contribution >= 4 is 23.2 Å². The van der Waals surface area contributed by atoms with Crippen molar-refractivity contribution in [1.82, 2.24) is 14.0 Å². The zero-order valence-corrected chi connectivity index (χ0v) is 21.4. The smallest absolute Gasteiger partial charge is 0.416 e. The number of nitrogens with zero attached hydrogens (tertiary/aromatic N) is 5. The van der Waals surface area contributed by atoms with Crippen LogP contribution in [0.1, 0.15) is 22.8 Å². The van der Waals surface area contributed by atoms with Crippen LogP contribution in [-0.2, 0) is 13.2 Å². The van der Waals surface area contributed by atoms with Crippen molar-refractivity contribution in [2.24, 2.45) is 17.1 Å². The van der Waals surface area contributed by atoms with Gasteiger partial charge in [0.25, 0.3) is 5.56 Å². The minimum atomic E-state index is -4.50. The first kappa shape index (κ1) is 25.3. The van der Waals surface area contributed by atoms with E-state index < -0.39 is 11.7 Å². The Balaban J connectivity index is 1.70. The number of aryl methyl sites for hydroxylation is 1. The van der Waals surface area contributed by atoms with Gasteiger partial charge in [0.15, 0.2) is 5.69 Å². The Morgan fingerprint density at radius 1 is 1.00 bits per heavy atom. The van der Waals surface area contributed by atoms with Crippen LogP contribution < -0.4 is 10.4 Å².